The third-order valence-corrected chi connectivity index (χ3v) is 7.15. The summed E-state index contributed by atoms with van der Waals surface area (Å²) in [6.07, 6.45) is 10.5. The SMILES string of the molecule is Cc1c(-c2cc3cc(Nc4cc5n(n4)Cc4nccn4CC5)ncc3c(N)n2)cnc2c1NCCC2. The van der Waals surface area contributed by atoms with E-state index in [2.05, 4.69) is 49.2 Å². The van der Waals surface area contributed by atoms with E-state index in [4.69, 9.17) is 15.8 Å². The average Bonchev–Trinajstić information content (AvgIpc) is 3.45. The van der Waals surface area contributed by atoms with Crippen molar-refractivity contribution in [2.45, 2.75) is 39.3 Å². The van der Waals surface area contributed by atoms with Gasteiger partial charge >= 0.3 is 0 Å². The highest BCUT2D eigenvalue weighted by Crippen LogP contribution is 2.34. The van der Waals surface area contributed by atoms with Crippen molar-refractivity contribution in [3.8, 4) is 11.3 Å². The van der Waals surface area contributed by atoms with E-state index >= 15 is 0 Å². The van der Waals surface area contributed by atoms with Gasteiger partial charge in [-0.15, -0.1) is 0 Å². The van der Waals surface area contributed by atoms with Crippen LogP contribution in [0.15, 0.2) is 43.0 Å². The van der Waals surface area contributed by atoms with E-state index in [1.165, 1.54) is 5.69 Å². The van der Waals surface area contributed by atoms with Crippen molar-refractivity contribution in [2.75, 3.05) is 22.9 Å². The van der Waals surface area contributed by atoms with Crippen molar-refractivity contribution in [3.63, 3.8) is 0 Å². The first-order chi connectivity index (χ1) is 17.6. The number of imidazole rings is 1. The second-order valence-corrected chi connectivity index (χ2v) is 9.42. The molecule has 0 bridgehead atoms. The summed E-state index contributed by atoms with van der Waals surface area (Å²) in [5.74, 6) is 2.94. The molecule has 2 aliphatic heterocycles. The highest BCUT2D eigenvalue weighted by molar-refractivity contribution is 5.95. The molecular weight excluding hydrogens is 452 g/mol. The Hall–Kier alpha value is -4.47. The molecule has 0 unspecified atom stereocenters. The topological polar surface area (TPSA) is 124 Å². The van der Waals surface area contributed by atoms with Crippen LogP contribution in [0.25, 0.3) is 22.0 Å². The summed E-state index contributed by atoms with van der Waals surface area (Å²) in [5.41, 5.74) is 12.7. The van der Waals surface area contributed by atoms with Crippen molar-refractivity contribution in [1.29, 1.82) is 0 Å². The minimum absolute atomic E-state index is 0.454. The minimum atomic E-state index is 0.454. The Kier molecular flexibility index (Phi) is 4.66. The van der Waals surface area contributed by atoms with Gasteiger partial charge in [-0.25, -0.2) is 15.0 Å². The molecule has 0 atom stereocenters. The monoisotopic (exact) mass is 478 g/mol. The molecule has 7 rings (SSSR count). The first-order valence-corrected chi connectivity index (χ1v) is 12.2. The highest BCUT2D eigenvalue weighted by atomic mass is 15.3. The number of aryl methyl sites for hydroxylation is 3. The highest BCUT2D eigenvalue weighted by Gasteiger charge is 2.19. The molecular formula is C26H26N10. The van der Waals surface area contributed by atoms with E-state index in [1.807, 2.05) is 29.3 Å². The van der Waals surface area contributed by atoms with Gasteiger partial charge in [0.1, 0.15) is 17.5 Å². The number of hydrogen-bond acceptors (Lipinski definition) is 8. The number of nitrogens with zero attached hydrogens (tertiary/aromatic N) is 7. The first kappa shape index (κ1) is 20.9. The summed E-state index contributed by atoms with van der Waals surface area (Å²) in [6.45, 7) is 4.64. The fraction of sp³-hybridized carbons (Fsp3) is 0.269. The molecule has 0 fully saturated rings. The molecule has 7 heterocycles. The zero-order valence-corrected chi connectivity index (χ0v) is 20.0. The standard InChI is InChI=1S/C26H26N10/c1-15-18(12-30-20-3-2-5-29-25(15)20)21-9-16-10-22(31-13-19(16)26(27)32-21)33-23-11-17-4-7-35-8-6-28-24(35)14-36(17)34-23/h6,8-13,29H,2-5,7,14H2,1H3,(H2,27,32)(H,31,33,34). The Morgan fingerprint density at radius 3 is 2.94 bits per heavy atom. The molecule has 5 aromatic rings. The van der Waals surface area contributed by atoms with Crippen LogP contribution in [0.4, 0.5) is 23.1 Å². The van der Waals surface area contributed by atoms with Crippen molar-refractivity contribution in [2.24, 2.45) is 0 Å². The molecule has 2 aliphatic rings. The first-order valence-electron chi connectivity index (χ1n) is 12.2. The lowest BCUT2D eigenvalue weighted by molar-refractivity contribution is 0.641. The summed E-state index contributed by atoms with van der Waals surface area (Å²) < 4.78 is 4.19. The summed E-state index contributed by atoms with van der Waals surface area (Å²) in [6, 6.07) is 6.13. The van der Waals surface area contributed by atoms with Crippen LogP contribution in [-0.2, 0) is 25.9 Å². The predicted molar refractivity (Wildman–Crippen MR) is 139 cm³/mol. The Morgan fingerprint density at radius 1 is 1.06 bits per heavy atom. The zero-order valence-electron chi connectivity index (χ0n) is 20.0. The van der Waals surface area contributed by atoms with Gasteiger partial charge in [0, 0.05) is 67.0 Å². The van der Waals surface area contributed by atoms with Crippen LogP contribution in [0.5, 0.6) is 0 Å². The molecule has 0 aromatic carbocycles. The summed E-state index contributed by atoms with van der Waals surface area (Å²) >= 11 is 0. The Bertz CT molecular complexity index is 1630. The lowest BCUT2D eigenvalue weighted by Gasteiger charge is -2.21. The summed E-state index contributed by atoms with van der Waals surface area (Å²) in [5, 5.41) is 13.4. The molecule has 36 heavy (non-hydrogen) atoms. The van der Waals surface area contributed by atoms with Gasteiger partial charge in [-0.1, -0.05) is 0 Å². The van der Waals surface area contributed by atoms with Crippen molar-refractivity contribution >= 4 is 33.9 Å². The Labute approximate surface area is 207 Å². The van der Waals surface area contributed by atoms with Crippen LogP contribution >= 0.6 is 0 Å². The van der Waals surface area contributed by atoms with Gasteiger partial charge in [-0.2, -0.15) is 5.10 Å². The van der Waals surface area contributed by atoms with Gasteiger partial charge < -0.3 is 20.9 Å². The largest absolute Gasteiger partial charge is 0.383 e. The molecule has 0 radical (unpaired) electrons. The number of hydrogen-bond donors (Lipinski definition) is 3. The van der Waals surface area contributed by atoms with E-state index in [9.17, 15) is 0 Å². The van der Waals surface area contributed by atoms with Gasteiger partial charge in [-0.05, 0) is 42.8 Å². The van der Waals surface area contributed by atoms with Crippen LogP contribution in [0, 0.1) is 6.92 Å². The molecule has 0 saturated carbocycles. The fourth-order valence-corrected chi connectivity index (χ4v) is 5.24. The van der Waals surface area contributed by atoms with Gasteiger partial charge in [0.05, 0.1) is 23.6 Å². The van der Waals surface area contributed by atoms with E-state index in [1.54, 1.807) is 6.20 Å². The Morgan fingerprint density at radius 2 is 2.00 bits per heavy atom. The number of anilines is 4. The van der Waals surface area contributed by atoms with E-state index in [0.717, 1.165) is 83.0 Å². The number of pyridine rings is 3. The molecule has 5 aromatic heterocycles. The van der Waals surface area contributed by atoms with Crippen LogP contribution in [0.1, 0.15) is 29.2 Å². The number of fused-ring (bicyclic) bond motifs is 4. The maximum atomic E-state index is 6.36. The van der Waals surface area contributed by atoms with Crippen LogP contribution in [0.2, 0.25) is 0 Å². The predicted octanol–water partition coefficient (Wildman–Crippen LogP) is 3.68. The number of nitrogens with one attached hydrogen (secondary N) is 2. The number of nitrogens with two attached hydrogens (primary N) is 1. The smallest absolute Gasteiger partial charge is 0.153 e. The van der Waals surface area contributed by atoms with Crippen molar-refractivity contribution in [3.05, 3.63) is 65.8 Å². The van der Waals surface area contributed by atoms with Crippen LogP contribution < -0.4 is 16.4 Å². The average molecular weight is 479 g/mol. The van der Waals surface area contributed by atoms with Gasteiger partial charge in [0.25, 0.3) is 0 Å². The Balaban J connectivity index is 1.22. The van der Waals surface area contributed by atoms with E-state index < -0.39 is 0 Å². The lowest BCUT2D eigenvalue weighted by Crippen LogP contribution is -2.15. The third kappa shape index (κ3) is 3.44. The zero-order chi connectivity index (χ0) is 24.2. The molecule has 10 nitrogen and oxygen atoms in total. The van der Waals surface area contributed by atoms with Crippen molar-refractivity contribution in [1.82, 2.24) is 34.3 Å². The molecule has 180 valence electrons. The van der Waals surface area contributed by atoms with E-state index in [0.29, 0.717) is 18.2 Å². The van der Waals surface area contributed by atoms with E-state index in [-0.39, 0.29) is 0 Å². The molecule has 0 saturated heterocycles. The van der Waals surface area contributed by atoms with Crippen LogP contribution in [-0.4, -0.2) is 40.8 Å². The molecule has 4 N–H and O–H groups in total. The van der Waals surface area contributed by atoms with Gasteiger partial charge in [0.2, 0.25) is 0 Å². The summed E-state index contributed by atoms with van der Waals surface area (Å²) in [4.78, 5) is 18.4. The number of nitrogen functional groups attached to an aromatic ring is 1. The summed E-state index contributed by atoms with van der Waals surface area (Å²) in [7, 11) is 0. The van der Waals surface area contributed by atoms with Crippen molar-refractivity contribution < 1.29 is 0 Å². The second kappa shape index (κ2) is 8.04. The normalized spacial score (nSPS) is 14.5. The molecule has 0 amide bonds. The maximum absolute atomic E-state index is 6.36. The fourth-order valence-electron chi connectivity index (χ4n) is 5.24. The second-order valence-electron chi connectivity index (χ2n) is 9.42. The maximum Gasteiger partial charge on any atom is 0.153 e. The quantitative estimate of drug-likeness (QED) is 0.359. The number of aromatic nitrogens is 7. The lowest BCUT2D eigenvalue weighted by atomic mass is 9.99. The number of rotatable bonds is 3. The van der Waals surface area contributed by atoms with Crippen LogP contribution in [0.3, 0.4) is 0 Å². The molecule has 10 heteroatoms. The minimum Gasteiger partial charge on any atom is -0.383 e. The molecule has 0 spiro atoms. The van der Waals surface area contributed by atoms with Gasteiger partial charge in [0.15, 0.2) is 5.82 Å². The third-order valence-electron chi connectivity index (χ3n) is 7.15. The van der Waals surface area contributed by atoms with Gasteiger partial charge in [-0.3, -0.25) is 9.67 Å². The molecule has 0 aliphatic carbocycles.